The van der Waals surface area contributed by atoms with Gasteiger partial charge in [-0.2, -0.15) is 0 Å². The number of rotatable bonds is 4. The highest BCUT2D eigenvalue weighted by atomic mass is 35.5. The molecule has 2 aromatic rings. The van der Waals surface area contributed by atoms with E-state index in [9.17, 15) is 18.4 Å². The molecule has 25 heavy (non-hydrogen) atoms. The molecule has 0 aliphatic rings. The number of hydrogen-bond donors (Lipinski definition) is 1. The van der Waals surface area contributed by atoms with Crippen molar-refractivity contribution in [1.29, 1.82) is 0 Å². The minimum atomic E-state index is -1.00. The predicted molar refractivity (Wildman–Crippen MR) is 89.9 cm³/mol. The Morgan fingerprint density at radius 3 is 1.72 bits per heavy atom. The minimum absolute atomic E-state index is 0.0357. The first-order chi connectivity index (χ1) is 11.7. The Kier molecular flexibility index (Phi) is 8.31. The summed E-state index contributed by atoms with van der Waals surface area (Å²) in [6.45, 7) is 0. The van der Waals surface area contributed by atoms with Crippen LogP contribution in [0, 0.1) is 11.6 Å². The molecule has 0 atom stereocenters. The van der Waals surface area contributed by atoms with Gasteiger partial charge in [-0.25, -0.2) is 8.78 Å². The van der Waals surface area contributed by atoms with Gasteiger partial charge in [0, 0.05) is 10.0 Å². The lowest BCUT2D eigenvalue weighted by molar-refractivity contribution is -0.140. The number of esters is 1. The molecule has 8 heteroatoms. The molecule has 0 fully saturated rings. The third-order valence-corrected chi connectivity index (χ3v) is 3.21. The SMILES string of the molecule is COC(=O)Cc1cc(F)cc(Cl)c1.O=C(O)Cc1cc(F)cc(Cl)c1. The van der Waals surface area contributed by atoms with Crippen molar-refractivity contribution < 1.29 is 28.2 Å². The Hall–Kier alpha value is -2.18. The molecule has 0 aliphatic carbocycles. The van der Waals surface area contributed by atoms with Crippen molar-refractivity contribution in [2.24, 2.45) is 0 Å². The Bertz CT molecular complexity index is 726. The molecule has 0 radical (unpaired) electrons. The second kappa shape index (κ2) is 9.96. The molecule has 0 aliphatic heterocycles. The first-order valence-electron chi connectivity index (χ1n) is 6.88. The maximum Gasteiger partial charge on any atom is 0.309 e. The fourth-order valence-corrected chi connectivity index (χ4v) is 2.33. The van der Waals surface area contributed by atoms with Gasteiger partial charge in [-0.15, -0.1) is 0 Å². The second-order valence-electron chi connectivity index (χ2n) is 4.88. The van der Waals surface area contributed by atoms with E-state index in [-0.39, 0.29) is 22.9 Å². The number of benzene rings is 2. The van der Waals surface area contributed by atoms with Crippen LogP contribution in [-0.4, -0.2) is 24.2 Å². The third kappa shape index (κ3) is 8.47. The van der Waals surface area contributed by atoms with Gasteiger partial charge in [0.05, 0.1) is 20.0 Å². The Morgan fingerprint density at radius 1 is 0.920 bits per heavy atom. The largest absolute Gasteiger partial charge is 0.481 e. The smallest absolute Gasteiger partial charge is 0.309 e. The lowest BCUT2D eigenvalue weighted by Gasteiger charge is -2.00. The van der Waals surface area contributed by atoms with Crippen molar-refractivity contribution in [3.63, 3.8) is 0 Å². The Labute approximate surface area is 152 Å². The van der Waals surface area contributed by atoms with E-state index in [1.165, 1.54) is 31.4 Å². The topological polar surface area (TPSA) is 63.6 Å². The zero-order chi connectivity index (χ0) is 19.0. The van der Waals surface area contributed by atoms with Gasteiger partial charge in [-0.3, -0.25) is 9.59 Å². The summed E-state index contributed by atoms with van der Waals surface area (Å²) in [5.74, 6) is -2.39. The maximum atomic E-state index is 12.7. The molecule has 0 spiro atoms. The van der Waals surface area contributed by atoms with Gasteiger partial charge in [-0.05, 0) is 47.5 Å². The highest BCUT2D eigenvalue weighted by molar-refractivity contribution is 6.30. The first kappa shape index (κ1) is 20.9. The van der Waals surface area contributed by atoms with E-state index < -0.39 is 23.6 Å². The third-order valence-electron chi connectivity index (χ3n) is 2.78. The van der Waals surface area contributed by atoms with Crippen LogP contribution in [0.15, 0.2) is 36.4 Å². The maximum absolute atomic E-state index is 12.7. The van der Waals surface area contributed by atoms with Crippen LogP contribution in [0.2, 0.25) is 10.0 Å². The van der Waals surface area contributed by atoms with E-state index in [1.54, 1.807) is 0 Å². The summed E-state index contributed by atoms with van der Waals surface area (Å²) in [5, 5.41) is 8.87. The molecule has 0 aromatic heterocycles. The van der Waals surface area contributed by atoms with Gasteiger partial charge >= 0.3 is 11.9 Å². The summed E-state index contributed by atoms with van der Waals surface area (Å²) < 4.78 is 29.8. The number of carboxylic acid groups (broad SMARTS) is 1. The lowest BCUT2D eigenvalue weighted by atomic mass is 10.1. The van der Waals surface area contributed by atoms with Gasteiger partial charge in [0.1, 0.15) is 11.6 Å². The zero-order valence-electron chi connectivity index (χ0n) is 13.1. The molecule has 0 bridgehead atoms. The molecule has 1 N–H and O–H groups in total. The van der Waals surface area contributed by atoms with Crippen molar-refractivity contribution in [3.8, 4) is 0 Å². The molecule has 0 unspecified atom stereocenters. The quantitative estimate of drug-likeness (QED) is 0.790. The minimum Gasteiger partial charge on any atom is -0.481 e. The normalized spacial score (nSPS) is 9.80. The summed E-state index contributed by atoms with van der Waals surface area (Å²) in [6.07, 6.45) is -0.175. The van der Waals surface area contributed by atoms with Crippen molar-refractivity contribution in [1.82, 2.24) is 0 Å². The predicted octanol–water partition coefficient (Wildman–Crippen LogP) is 4.30. The van der Waals surface area contributed by atoms with Crippen LogP contribution in [-0.2, 0) is 27.2 Å². The molecular weight excluding hydrogens is 377 g/mol. The van der Waals surface area contributed by atoms with Crippen LogP contribution in [0.5, 0.6) is 0 Å². The Balaban J connectivity index is 0.000000251. The highest BCUT2D eigenvalue weighted by Crippen LogP contribution is 2.15. The fraction of sp³-hybridized carbons (Fsp3) is 0.176. The number of halogens is 4. The van der Waals surface area contributed by atoms with E-state index in [2.05, 4.69) is 4.74 Å². The van der Waals surface area contributed by atoms with Crippen molar-refractivity contribution in [3.05, 3.63) is 69.2 Å². The summed E-state index contributed by atoms with van der Waals surface area (Å²) >= 11 is 11.1. The van der Waals surface area contributed by atoms with E-state index >= 15 is 0 Å². The molecule has 2 aromatic carbocycles. The zero-order valence-corrected chi connectivity index (χ0v) is 14.6. The van der Waals surface area contributed by atoms with Gasteiger partial charge in [0.25, 0.3) is 0 Å². The molecule has 2 rings (SSSR count). The fourth-order valence-electron chi connectivity index (χ4n) is 1.84. The number of carbonyl (C=O) groups is 2. The van der Waals surface area contributed by atoms with Crippen LogP contribution in [0.3, 0.4) is 0 Å². The number of carboxylic acids is 1. The van der Waals surface area contributed by atoms with Crippen LogP contribution in [0.4, 0.5) is 8.78 Å². The van der Waals surface area contributed by atoms with E-state index in [0.29, 0.717) is 11.1 Å². The van der Waals surface area contributed by atoms with Gasteiger partial charge in [-0.1, -0.05) is 23.2 Å². The number of carbonyl (C=O) groups excluding carboxylic acids is 1. The lowest BCUT2D eigenvalue weighted by Crippen LogP contribution is -2.04. The Morgan fingerprint density at radius 2 is 1.36 bits per heavy atom. The number of hydrogen-bond acceptors (Lipinski definition) is 3. The van der Waals surface area contributed by atoms with Crippen LogP contribution in [0.1, 0.15) is 11.1 Å². The van der Waals surface area contributed by atoms with Crippen molar-refractivity contribution >= 4 is 35.1 Å². The molecule has 134 valence electrons. The van der Waals surface area contributed by atoms with Crippen molar-refractivity contribution in [2.75, 3.05) is 7.11 Å². The van der Waals surface area contributed by atoms with Crippen LogP contribution in [0.25, 0.3) is 0 Å². The molecule has 0 heterocycles. The monoisotopic (exact) mass is 390 g/mol. The molecule has 0 saturated carbocycles. The number of methoxy groups -OCH3 is 1. The molecule has 0 saturated heterocycles. The summed E-state index contributed by atoms with van der Waals surface area (Å²) in [5.41, 5.74) is 0.879. The van der Waals surface area contributed by atoms with E-state index in [4.69, 9.17) is 28.3 Å². The highest BCUT2D eigenvalue weighted by Gasteiger charge is 2.05. The van der Waals surface area contributed by atoms with Gasteiger partial charge in [0.15, 0.2) is 0 Å². The first-order valence-corrected chi connectivity index (χ1v) is 7.63. The molecule has 4 nitrogen and oxygen atoms in total. The van der Waals surface area contributed by atoms with Crippen LogP contribution >= 0.6 is 23.2 Å². The van der Waals surface area contributed by atoms with E-state index in [0.717, 1.165) is 12.1 Å². The number of aliphatic carboxylic acids is 1. The average molecular weight is 391 g/mol. The summed E-state index contributed by atoms with van der Waals surface area (Å²) in [7, 11) is 1.28. The average Bonchev–Trinajstić information content (AvgIpc) is 2.44. The standard InChI is InChI=1S/C9H8ClFO2.C8H6ClFO2/c1-13-9(12)4-6-2-7(10)5-8(11)3-6;9-6-1-5(3-8(11)12)2-7(10)4-6/h2-3,5H,4H2,1H3;1-2,4H,3H2,(H,11,12). The summed E-state index contributed by atoms with van der Waals surface area (Å²) in [4.78, 5) is 21.0. The van der Waals surface area contributed by atoms with E-state index in [1.807, 2.05) is 0 Å². The summed E-state index contributed by atoms with van der Waals surface area (Å²) in [6, 6.07) is 7.68. The molecular formula is C17H14Cl2F2O4. The van der Waals surface area contributed by atoms with Gasteiger partial charge < -0.3 is 9.84 Å². The van der Waals surface area contributed by atoms with Crippen molar-refractivity contribution in [2.45, 2.75) is 12.8 Å². The molecule has 0 amide bonds. The second-order valence-corrected chi connectivity index (χ2v) is 5.75. The van der Waals surface area contributed by atoms with Gasteiger partial charge in [0.2, 0.25) is 0 Å². The van der Waals surface area contributed by atoms with Crippen LogP contribution < -0.4 is 0 Å². The number of ether oxygens (including phenoxy) is 1.